The van der Waals surface area contributed by atoms with Gasteiger partial charge in [-0.15, -0.1) is 0 Å². The van der Waals surface area contributed by atoms with Crippen LogP contribution in [0.1, 0.15) is 12.0 Å². The molecule has 108 valence electrons. The van der Waals surface area contributed by atoms with Gasteiger partial charge in [-0.25, -0.2) is 4.98 Å². The zero-order chi connectivity index (χ0) is 14.5. The van der Waals surface area contributed by atoms with Crippen molar-refractivity contribution in [2.45, 2.75) is 19.9 Å². The highest BCUT2D eigenvalue weighted by Gasteiger charge is 2.09. The molecule has 6 heteroatoms. The van der Waals surface area contributed by atoms with E-state index in [0.717, 1.165) is 16.6 Å². The normalized spacial score (nSPS) is 10.9. The summed E-state index contributed by atoms with van der Waals surface area (Å²) in [5, 5.41) is 2.79. The molecule has 1 amide bonds. The van der Waals surface area contributed by atoms with Crippen LogP contribution in [0.3, 0.4) is 0 Å². The Kier molecular flexibility index (Phi) is 4.57. The summed E-state index contributed by atoms with van der Waals surface area (Å²) in [6, 6.07) is 5.97. The molecule has 3 N–H and O–H groups in total. The number of aryl methyl sites for hydroxylation is 2. The summed E-state index contributed by atoms with van der Waals surface area (Å²) in [5.74, 6) is 0.422. The Bertz CT molecular complexity index is 606. The van der Waals surface area contributed by atoms with Crippen molar-refractivity contribution in [3.05, 3.63) is 23.8 Å². The van der Waals surface area contributed by atoms with Crippen LogP contribution < -0.4 is 11.1 Å². The summed E-state index contributed by atoms with van der Waals surface area (Å²) >= 11 is 0. The minimum atomic E-state index is -0.0176. The summed E-state index contributed by atoms with van der Waals surface area (Å²) in [6.07, 6.45) is 0.368. The topological polar surface area (TPSA) is 82.2 Å². The quantitative estimate of drug-likeness (QED) is 0.773. The molecule has 0 atom stereocenters. The van der Waals surface area contributed by atoms with Gasteiger partial charge in [0, 0.05) is 26.6 Å². The van der Waals surface area contributed by atoms with Gasteiger partial charge in [0.2, 0.25) is 11.9 Å². The van der Waals surface area contributed by atoms with Crippen molar-refractivity contribution in [3.63, 3.8) is 0 Å². The van der Waals surface area contributed by atoms with Crippen molar-refractivity contribution in [3.8, 4) is 0 Å². The molecular formula is C14H20N4O2. The average Bonchev–Trinajstić information content (AvgIpc) is 2.72. The van der Waals surface area contributed by atoms with Crippen LogP contribution in [0.4, 0.5) is 5.95 Å². The van der Waals surface area contributed by atoms with E-state index < -0.39 is 0 Å². The predicted molar refractivity (Wildman–Crippen MR) is 78.4 cm³/mol. The van der Waals surface area contributed by atoms with Crippen LogP contribution >= 0.6 is 0 Å². The molecule has 1 aromatic heterocycles. The third-order valence-corrected chi connectivity index (χ3v) is 3.12. The molecule has 0 saturated carbocycles. The molecule has 0 aliphatic carbocycles. The number of carbonyl (C=O) groups excluding carboxylic acids is 1. The number of benzene rings is 1. The number of carbonyl (C=O) groups is 1. The molecule has 0 bridgehead atoms. The van der Waals surface area contributed by atoms with Gasteiger partial charge >= 0.3 is 0 Å². The lowest BCUT2D eigenvalue weighted by Gasteiger charge is -2.07. The van der Waals surface area contributed by atoms with Crippen LogP contribution in [0, 0.1) is 6.92 Å². The van der Waals surface area contributed by atoms with Crippen molar-refractivity contribution >= 4 is 22.9 Å². The molecule has 0 fully saturated rings. The van der Waals surface area contributed by atoms with Crippen molar-refractivity contribution in [2.75, 3.05) is 26.0 Å². The number of fused-ring (bicyclic) bond motifs is 1. The van der Waals surface area contributed by atoms with E-state index in [1.54, 1.807) is 7.11 Å². The monoisotopic (exact) mass is 276 g/mol. The summed E-state index contributed by atoms with van der Waals surface area (Å²) in [6.45, 7) is 3.57. The summed E-state index contributed by atoms with van der Waals surface area (Å²) in [4.78, 5) is 16.0. The fraction of sp³-hybridized carbons (Fsp3) is 0.429. The van der Waals surface area contributed by atoms with Gasteiger partial charge in [-0.1, -0.05) is 6.07 Å². The first-order chi connectivity index (χ1) is 9.61. The lowest BCUT2D eigenvalue weighted by Crippen LogP contribution is -2.27. The Morgan fingerprint density at radius 1 is 1.50 bits per heavy atom. The molecule has 0 aliphatic heterocycles. The second-order valence-corrected chi connectivity index (χ2v) is 4.71. The summed E-state index contributed by atoms with van der Waals surface area (Å²) in [7, 11) is 1.60. The fourth-order valence-corrected chi connectivity index (χ4v) is 2.08. The van der Waals surface area contributed by atoms with E-state index in [9.17, 15) is 4.79 Å². The molecule has 0 spiro atoms. The number of amides is 1. The summed E-state index contributed by atoms with van der Waals surface area (Å²) < 4.78 is 6.76. The molecule has 2 aromatic rings. The highest BCUT2D eigenvalue weighted by atomic mass is 16.5. The lowest BCUT2D eigenvalue weighted by molar-refractivity contribution is -0.121. The van der Waals surface area contributed by atoms with Crippen molar-refractivity contribution < 1.29 is 9.53 Å². The lowest BCUT2D eigenvalue weighted by atomic mass is 10.2. The minimum absolute atomic E-state index is 0.0176. The van der Waals surface area contributed by atoms with Gasteiger partial charge in [-0.2, -0.15) is 0 Å². The number of nitrogens with zero attached hydrogens (tertiary/aromatic N) is 2. The SMILES string of the molecule is COCCNC(=O)CCn1c(N)nc2ccc(C)cc21. The number of imidazole rings is 1. The van der Waals surface area contributed by atoms with Crippen LogP contribution in [-0.2, 0) is 16.1 Å². The molecule has 0 aliphatic rings. The molecule has 1 aromatic carbocycles. The molecular weight excluding hydrogens is 256 g/mol. The van der Waals surface area contributed by atoms with Gasteiger partial charge in [0.05, 0.1) is 17.6 Å². The maximum Gasteiger partial charge on any atom is 0.221 e. The molecule has 2 rings (SSSR count). The number of nitrogens with two attached hydrogens (primary N) is 1. The standard InChI is InChI=1S/C14H20N4O2/c1-10-3-4-11-12(9-10)18(14(15)17-11)7-5-13(19)16-6-8-20-2/h3-4,9H,5-8H2,1-2H3,(H2,15,17)(H,16,19). The molecule has 1 heterocycles. The third-order valence-electron chi connectivity index (χ3n) is 3.12. The molecule has 0 radical (unpaired) electrons. The first kappa shape index (κ1) is 14.3. The largest absolute Gasteiger partial charge is 0.383 e. The third kappa shape index (κ3) is 3.27. The first-order valence-corrected chi connectivity index (χ1v) is 6.60. The van der Waals surface area contributed by atoms with E-state index in [2.05, 4.69) is 10.3 Å². The van der Waals surface area contributed by atoms with Gasteiger partial charge in [0.15, 0.2) is 0 Å². The van der Waals surface area contributed by atoms with Crippen LogP contribution in [-0.4, -0.2) is 35.7 Å². The number of nitrogen functional groups attached to an aromatic ring is 1. The van der Waals surface area contributed by atoms with E-state index in [0.29, 0.717) is 32.1 Å². The second kappa shape index (κ2) is 6.38. The van der Waals surface area contributed by atoms with E-state index in [4.69, 9.17) is 10.5 Å². The molecule has 0 unspecified atom stereocenters. The smallest absolute Gasteiger partial charge is 0.221 e. The van der Waals surface area contributed by atoms with E-state index in [1.807, 2.05) is 29.7 Å². The number of aromatic nitrogens is 2. The minimum Gasteiger partial charge on any atom is -0.383 e. The predicted octanol–water partition coefficient (Wildman–Crippen LogP) is 1.08. The first-order valence-electron chi connectivity index (χ1n) is 6.60. The number of methoxy groups -OCH3 is 1. The number of nitrogens with one attached hydrogen (secondary N) is 1. The zero-order valence-corrected chi connectivity index (χ0v) is 11.8. The number of hydrogen-bond acceptors (Lipinski definition) is 4. The van der Waals surface area contributed by atoms with Gasteiger partial charge in [-0.3, -0.25) is 4.79 Å². The maximum atomic E-state index is 11.7. The summed E-state index contributed by atoms with van der Waals surface area (Å²) in [5.41, 5.74) is 8.87. The van der Waals surface area contributed by atoms with E-state index in [1.165, 1.54) is 0 Å². The Balaban J connectivity index is 2.04. The fourth-order valence-electron chi connectivity index (χ4n) is 2.08. The maximum absolute atomic E-state index is 11.7. The van der Waals surface area contributed by atoms with Crippen molar-refractivity contribution in [1.82, 2.24) is 14.9 Å². The van der Waals surface area contributed by atoms with Crippen molar-refractivity contribution in [1.29, 1.82) is 0 Å². The highest BCUT2D eigenvalue weighted by molar-refractivity contribution is 5.80. The molecule has 0 saturated heterocycles. The van der Waals surface area contributed by atoms with Crippen LogP contribution in [0.15, 0.2) is 18.2 Å². The number of rotatable bonds is 6. The Morgan fingerprint density at radius 3 is 3.05 bits per heavy atom. The number of hydrogen-bond donors (Lipinski definition) is 2. The zero-order valence-electron chi connectivity index (χ0n) is 11.8. The number of anilines is 1. The van der Waals surface area contributed by atoms with Gasteiger partial charge in [0.25, 0.3) is 0 Å². The van der Waals surface area contributed by atoms with Gasteiger partial charge in [0.1, 0.15) is 0 Å². The Hall–Kier alpha value is -2.08. The Morgan fingerprint density at radius 2 is 2.30 bits per heavy atom. The second-order valence-electron chi connectivity index (χ2n) is 4.71. The average molecular weight is 276 g/mol. The molecule has 6 nitrogen and oxygen atoms in total. The van der Waals surface area contributed by atoms with Gasteiger partial charge in [-0.05, 0) is 24.6 Å². The van der Waals surface area contributed by atoms with Crippen LogP contribution in [0.25, 0.3) is 11.0 Å². The van der Waals surface area contributed by atoms with Crippen molar-refractivity contribution in [2.24, 2.45) is 0 Å². The Labute approximate surface area is 117 Å². The van der Waals surface area contributed by atoms with Crippen LogP contribution in [0.5, 0.6) is 0 Å². The molecule has 20 heavy (non-hydrogen) atoms. The van der Waals surface area contributed by atoms with E-state index >= 15 is 0 Å². The number of ether oxygens (including phenoxy) is 1. The van der Waals surface area contributed by atoms with Gasteiger partial charge < -0.3 is 20.4 Å². The van der Waals surface area contributed by atoms with Crippen LogP contribution in [0.2, 0.25) is 0 Å². The highest BCUT2D eigenvalue weighted by Crippen LogP contribution is 2.19. The van der Waals surface area contributed by atoms with E-state index in [-0.39, 0.29) is 5.91 Å².